The van der Waals surface area contributed by atoms with Crippen LogP contribution in [0.5, 0.6) is 0 Å². The van der Waals surface area contributed by atoms with Crippen LogP contribution in [0, 0.1) is 11.3 Å². The largest absolute Gasteiger partial charge is 0.373 e. The molecule has 0 N–H and O–H groups in total. The van der Waals surface area contributed by atoms with Gasteiger partial charge in [-0.15, -0.1) is 0 Å². The number of carbonyl (C=O) groups is 1. The van der Waals surface area contributed by atoms with Crippen molar-refractivity contribution in [1.29, 1.82) is 0 Å². The molecule has 0 aromatic rings. The van der Waals surface area contributed by atoms with Gasteiger partial charge in [-0.2, -0.15) is 0 Å². The van der Waals surface area contributed by atoms with Crippen molar-refractivity contribution in [2.24, 2.45) is 5.41 Å². The number of rotatable bonds is 2. The summed E-state index contributed by atoms with van der Waals surface area (Å²) in [6, 6.07) is 0. The fourth-order valence-corrected chi connectivity index (χ4v) is 1.33. The third kappa shape index (κ3) is 3.39. The molecule has 2 nitrogen and oxygen atoms in total. The summed E-state index contributed by atoms with van der Waals surface area (Å²) in [6.07, 6.45) is 2.61. The number of ether oxygens (including phenoxy) is 1. The maximum absolute atomic E-state index is 11.7. The van der Waals surface area contributed by atoms with Gasteiger partial charge in [-0.05, 0) is 0 Å². The number of Topliss-reactive ketones (excluding diaryl/α,β-unsaturated/α-hetero) is 1. The molecule has 0 spiro atoms. The van der Waals surface area contributed by atoms with E-state index in [4.69, 9.17) is 4.74 Å². The Balaban J connectivity index is 2.35. The lowest BCUT2D eigenvalue weighted by atomic mass is 9.83. The van der Waals surface area contributed by atoms with Crippen molar-refractivity contribution < 1.29 is 9.53 Å². The SMILES string of the molecule is CC(C)(C)C(=O)C[C+]1CCOCC1. The predicted molar refractivity (Wildman–Crippen MR) is 52.4 cm³/mol. The molecule has 0 saturated carbocycles. The molecule has 1 aliphatic heterocycles. The van der Waals surface area contributed by atoms with Crippen LogP contribution in [0.3, 0.4) is 0 Å². The van der Waals surface area contributed by atoms with Crippen LogP contribution < -0.4 is 0 Å². The number of carbonyl (C=O) groups excluding carboxylic acids is 1. The fourth-order valence-electron chi connectivity index (χ4n) is 1.33. The molecule has 0 amide bonds. The lowest BCUT2D eigenvalue weighted by Gasteiger charge is -2.18. The van der Waals surface area contributed by atoms with Crippen molar-refractivity contribution in [3.63, 3.8) is 0 Å². The predicted octanol–water partition coefficient (Wildman–Crippen LogP) is 2.38. The number of ketones is 1. The summed E-state index contributed by atoms with van der Waals surface area (Å²) in [6.45, 7) is 7.54. The van der Waals surface area contributed by atoms with Gasteiger partial charge >= 0.3 is 0 Å². The highest BCUT2D eigenvalue weighted by Crippen LogP contribution is 2.26. The van der Waals surface area contributed by atoms with Crippen LogP contribution in [0.15, 0.2) is 0 Å². The monoisotopic (exact) mass is 183 g/mol. The van der Waals surface area contributed by atoms with E-state index in [-0.39, 0.29) is 5.41 Å². The second-order valence-corrected chi connectivity index (χ2v) is 4.71. The molecule has 0 radical (unpaired) electrons. The minimum Gasteiger partial charge on any atom is -0.373 e. The summed E-state index contributed by atoms with van der Waals surface area (Å²) < 4.78 is 5.23. The Morgan fingerprint density at radius 3 is 2.31 bits per heavy atom. The third-order valence-electron chi connectivity index (χ3n) is 2.45. The summed E-state index contributed by atoms with van der Waals surface area (Å²) in [5.41, 5.74) is -0.189. The highest BCUT2D eigenvalue weighted by Gasteiger charge is 2.32. The fraction of sp³-hybridized carbons (Fsp3) is 0.818. The Morgan fingerprint density at radius 1 is 1.31 bits per heavy atom. The highest BCUT2D eigenvalue weighted by atomic mass is 16.5. The van der Waals surface area contributed by atoms with E-state index in [9.17, 15) is 4.79 Å². The van der Waals surface area contributed by atoms with E-state index in [1.807, 2.05) is 20.8 Å². The van der Waals surface area contributed by atoms with Crippen molar-refractivity contribution in [3.8, 4) is 0 Å². The molecular formula is C11H19O2+. The van der Waals surface area contributed by atoms with E-state index >= 15 is 0 Å². The van der Waals surface area contributed by atoms with Gasteiger partial charge in [0.1, 0.15) is 25.2 Å². The quantitative estimate of drug-likeness (QED) is 0.614. The normalized spacial score (nSPS) is 18.8. The number of hydrogen-bond donors (Lipinski definition) is 0. The van der Waals surface area contributed by atoms with Gasteiger partial charge in [0.15, 0.2) is 5.78 Å². The first-order valence-corrected chi connectivity index (χ1v) is 4.95. The molecule has 1 saturated heterocycles. The Morgan fingerprint density at radius 2 is 1.85 bits per heavy atom. The van der Waals surface area contributed by atoms with Crippen molar-refractivity contribution in [1.82, 2.24) is 0 Å². The smallest absolute Gasteiger partial charge is 0.182 e. The summed E-state index contributed by atoms with van der Waals surface area (Å²) in [5, 5.41) is 0. The summed E-state index contributed by atoms with van der Waals surface area (Å²) in [4.78, 5) is 11.7. The molecule has 1 fully saturated rings. The zero-order valence-electron chi connectivity index (χ0n) is 8.85. The second kappa shape index (κ2) is 4.14. The van der Waals surface area contributed by atoms with Crippen LogP contribution in [0.2, 0.25) is 0 Å². The van der Waals surface area contributed by atoms with Gasteiger partial charge < -0.3 is 4.74 Å². The molecule has 74 valence electrons. The lowest BCUT2D eigenvalue weighted by Crippen LogP contribution is -2.25. The van der Waals surface area contributed by atoms with Gasteiger partial charge in [0.2, 0.25) is 0 Å². The van der Waals surface area contributed by atoms with Crippen LogP contribution >= 0.6 is 0 Å². The van der Waals surface area contributed by atoms with Crippen molar-refractivity contribution >= 4 is 5.78 Å². The van der Waals surface area contributed by atoms with Crippen LogP contribution in [-0.4, -0.2) is 19.0 Å². The molecule has 1 aliphatic rings. The first-order chi connectivity index (χ1) is 6.00. The van der Waals surface area contributed by atoms with Gasteiger partial charge in [-0.25, -0.2) is 0 Å². The van der Waals surface area contributed by atoms with E-state index < -0.39 is 0 Å². The van der Waals surface area contributed by atoms with E-state index in [1.165, 1.54) is 5.92 Å². The first kappa shape index (κ1) is 10.6. The maximum atomic E-state index is 11.7. The molecule has 2 heteroatoms. The molecule has 13 heavy (non-hydrogen) atoms. The third-order valence-corrected chi connectivity index (χ3v) is 2.45. The van der Waals surface area contributed by atoms with Gasteiger partial charge in [0, 0.05) is 5.41 Å². The van der Waals surface area contributed by atoms with Crippen LogP contribution in [-0.2, 0) is 9.53 Å². The Kier molecular flexibility index (Phi) is 3.37. The van der Waals surface area contributed by atoms with Crippen molar-refractivity contribution in [2.45, 2.75) is 40.0 Å². The van der Waals surface area contributed by atoms with E-state index in [0.717, 1.165) is 26.1 Å². The van der Waals surface area contributed by atoms with E-state index in [2.05, 4.69) is 0 Å². The molecule has 0 atom stereocenters. The van der Waals surface area contributed by atoms with Gasteiger partial charge in [0.05, 0.1) is 13.2 Å². The maximum Gasteiger partial charge on any atom is 0.182 e. The summed E-state index contributed by atoms with van der Waals surface area (Å²) >= 11 is 0. The molecule has 0 aliphatic carbocycles. The lowest BCUT2D eigenvalue weighted by molar-refractivity contribution is -0.126. The van der Waals surface area contributed by atoms with Gasteiger partial charge in [0.25, 0.3) is 0 Å². The van der Waals surface area contributed by atoms with Crippen molar-refractivity contribution in [3.05, 3.63) is 5.92 Å². The van der Waals surface area contributed by atoms with E-state index in [1.54, 1.807) is 0 Å². The first-order valence-electron chi connectivity index (χ1n) is 4.95. The minimum atomic E-state index is -0.189. The molecule has 0 aromatic heterocycles. The summed E-state index contributed by atoms with van der Waals surface area (Å²) in [5.74, 6) is 1.72. The standard InChI is InChI=1S/C11H19O2/c1-11(2,3)10(12)8-9-4-6-13-7-5-9/h4-8H2,1-3H3/q+1. The highest BCUT2D eigenvalue weighted by molar-refractivity contribution is 5.85. The molecular weight excluding hydrogens is 164 g/mol. The minimum absolute atomic E-state index is 0.189. The van der Waals surface area contributed by atoms with Crippen molar-refractivity contribution in [2.75, 3.05) is 13.2 Å². The molecule has 1 heterocycles. The van der Waals surface area contributed by atoms with E-state index in [0.29, 0.717) is 12.2 Å². The second-order valence-electron chi connectivity index (χ2n) is 4.71. The van der Waals surface area contributed by atoms with Gasteiger partial charge in [-0.1, -0.05) is 20.8 Å². The Bertz CT molecular complexity index is 173. The molecule has 0 aromatic carbocycles. The van der Waals surface area contributed by atoms with Crippen LogP contribution in [0.25, 0.3) is 0 Å². The zero-order chi connectivity index (χ0) is 9.90. The topological polar surface area (TPSA) is 26.3 Å². The Hall–Kier alpha value is -0.500. The zero-order valence-corrected chi connectivity index (χ0v) is 8.85. The Labute approximate surface area is 80.7 Å². The average molecular weight is 183 g/mol. The van der Waals surface area contributed by atoms with Crippen LogP contribution in [0.1, 0.15) is 40.0 Å². The van der Waals surface area contributed by atoms with Gasteiger partial charge in [-0.3, -0.25) is 4.79 Å². The number of hydrogen-bond acceptors (Lipinski definition) is 2. The molecule has 0 bridgehead atoms. The molecule has 1 rings (SSSR count). The average Bonchev–Trinajstić information content (AvgIpc) is 2.04. The summed E-state index contributed by atoms with van der Waals surface area (Å²) in [7, 11) is 0. The molecule has 0 unspecified atom stereocenters. The van der Waals surface area contributed by atoms with Crippen LogP contribution in [0.4, 0.5) is 0 Å².